The van der Waals surface area contributed by atoms with Crippen LogP contribution in [0.25, 0.3) is 0 Å². The molecule has 0 unspecified atom stereocenters. The van der Waals surface area contributed by atoms with Gasteiger partial charge in [0.25, 0.3) is 11.8 Å². The highest BCUT2D eigenvalue weighted by Crippen LogP contribution is 2.16. The monoisotopic (exact) mass is 276 g/mol. The van der Waals surface area contributed by atoms with Gasteiger partial charge in [-0.15, -0.1) is 0 Å². The zero-order valence-electron chi connectivity index (χ0n) is 10.5. The van der Waals surface area contributed by atoms with E-state index in [1.54, 1.807) is 5.01 Å². The van der Waals surface area contributed by atoms with E-state index in [1.807, 2.05) is 0 Å². The molecule has 0 aromatic carbocycles. The molecule has 8 nitrogen and oxygen atoms in total. The molecule has 2 aliphatic rings. The van der Waals surface area contributed by atoms with Crippen LogP contribution in [0, 0.1) is 0 Å². The number of nitrogens with zero attached hydrogens (tertiary/aromatic N) is 3. The van der Waals surface area contributed by atoms with E-state index in [9.17, 15) is 19.2 Å². The lowest BCUT2D eigenvalue weighted by molar-refractivity contribution is -0.119. The number of carbonyl (C=O) groups excluding carboxylic acids is 3. The van der Waals surface area contributed by atoms with Gasteiger partial charge >= 0.3 is 0 Å². The van der Waals surface area contributed by atoms with Gasteiger partial charge in [-0.1, -0.05) is 0 Å². The van der Waals surface area contributed by atoms with E-state index in [-0.39, 0.29) is 30.3 Å². The van der Waals surface area contributed by atoms with Crippen LogP contribution in [0.1, 0.15) is 27.3 Å². The minimum atomic E-state index is -0.842. The maximum absolute atomic E-state index is 12.2. The van der Waals surface area contributed by atoms with Crippen LogP contribution in [-0.2, 0) is 4.79 Å². The molecule has 0 saturated carbocycles. The zero-order valence-corrected chi connectivity index (χ0v) is 10.5. The number of nitrogens with two attached hydrogens (primary N) is 1. The largest absolute Gasteiger partial charge is 0.365 e. The summed E-state index contributed by atoms with van der Waals surface area (Å²) < 4.78 is 1.44. The van der Waals surface area contributed by atoms with E-state index in [0.717, 1.165) is 6.07 Å². The molecule has 2 amide bonds. The minimum absolute atomic E-state index is 0.0354. The molecule has 104 valence electrons. The van der Waals surface area contributed by atoms with Gasteiger partial charge in [-0.25, -0.2) is 0 Å². The van der Waals surface area contributed by atoms with Gasteiger partial charge in [0.1, 0.15) is 17.9 Å². The van der Waals surface area contributed by atoms with Gasteiger partial charge in [0.15, 0.2) is 11.2 Å². The van der Waals surface area contributed by atoms with Crippen molar-refractivity contribution in [3.05, 3.63) is 33.7 Å². The highest BCUT2D eigenvalue weighted by atomic mass is 16.2. The molecule has 2 bridgehead atoms. The molecule has 1 aromatic heterocycles. The van der Waals surface area contributed by atoms with Crippen molar-refractivity contribution in [2.75, 3.05) is 24.8 Å². The topological polar surface area (TPSA) is 106 Å². The van der Waals surface area contributed by atoms with Gasteiger partial charge in [0.2, 0.25) is 0 Å². The fraction of sp³-hybridized carbons (Fsp3) is 0.333. The summed E-state index contributed by atoms with van der Waals surface area (Å²) in [6, 6.07) is 1.09. The first-order valence-electron chi connectivity index (χ1n) is 6.10. The summed E-state index contributed by atoms with van der Waals surface area (Å²) >= 11 is 0. The van der Waals surface area contributed by atoms with Crippen molar-refractivity contribution >= 4 is 17.6 Å². The molecule has 20 heavy (non-hydrogen) atoms. The number of fused-ring (bicyclic) bond motifs is 4. The number of rotatable bonds is 1. The van der Waals surface area contributed by atoms with Crippen LogP contribution in [0.15, 0.2) is 17.1 Å². The standard InChI is InChI=1S/C12H12N4O4/c13-11(19)8-5-16-9(3-10(8)18)12(20)14-4-7(17)1-2-15(16)6-14/h3,5H,1-2,4,6H2,(H2,13,19). The third kappa shape index (κ3) is 1.77. The number of carbonyl (C=O) groups is 3. The second-order valence-electron chi connectivity index (χ2n) is 4.81. The Labute approximate surface area is 113 Å². The second-order valence-corrected chi connectivity index (χ2v) is 4.81. The van der Waals surface area contributed by atoms with Crippen LogP contribution >= 0.6 is 0 Å². The van der Waals surface area contributed by atoms with Crippen LogP contribution < -0.4 is 16.2 Å². The first kappa shape index (κ1) is 12.4. The van der Waals surface area contributed by atoms with Gasteiger partial charge in [0.05, 0.1) is 6.54 Å². The van der Waals surface area contributed by atoms with Crippen LogP contribution in [0.5, 0.6) is 0 Å². The van der Waals surface area contributed by atoms with Gasteiger partial charge in [-0.05, 0) is 0 Å². The lowest BCUT2D eigenvalue weighted by Gasteiger charge is -2.37. The van der Waals surface area contributed by atoms with Crippen molar-refractivity contribution in [2.24, 2.45) is 5.73 Å². The lowest BCUT2D eigenvalue weighted by atomic mass is 10.2. The SMILES string of the molecule is NC(=O)c1cn2c(cc1=O)C(=O)N1CC(=O)CCN2C1. The van der Waals surface area contributed by atoms with Crippen LogP contribution in [0.2, 0.25) is 0 Å². The van der Waals surface area contributed by atoms with Crippen LogP contribution in [-0.4, -0.2) is 46.9 Å². The van der Waals surface area contributed by atoms with E-state index in [0.29, 0.717) is 13.0 Å². The first-order valence-corrected chi connectivity index (χ1v) is 6.10. The smallest absolute Gasteiger partial charge is 0.274 e. The molecule has 2 N–H and O–H groups in total. The summed E-state index contributed by atoms with van der Waals surface area (Å²) in [4.78, 5) is 48.2. The number of primary amides is 1. The number of hydrogen-bond acceptors (Lipinski definition) is 5. The maximum Gasteiger partial charge on any atom is 0.274 e. The average molecular weight is 276 g/mol. The number of aromatic nitrogens is 1. The minimum Gasteiger partial charge on any atom is -0.365 e. The molecule has 0 aliphatic carbocycles. The molecular weight excluding hydrogens is 264 g/mol. The fourth-order valence-corrected chi connectivity index (χ4v) is 2.44. The number of amides is 2. The molecule has 8 heteroatoms. The molecule has 0 spiro atoms. The van der Waals surface area contributed by atoms with E-state index in [4.69, 9.17) is 5.73 Å². The summed E-state index contributed by atoms with van der Waals surface area (Å²) in [5.41, 5.74) is 4.51. The van der Waals surface area contributed by atoms with E-state index < -0.39 is 17.2 Å². The zero-order chi connectivity index (χ0) is 14.4. The molecule has 1 aromatic rings. The fourth-order valence-electron chi connectivity index (χ4n) is 2.44. The first-order chi connectivity index (χ1) is 9.47. The Bertz CT molecular complexity index is 693. The Balaban J connectivity index is 2.18. The summed E-state index contributed by atoms with van der Waals surface area (Å²) in [6.45, 7) is 0.705. The van der Waals surface area contributed by atoms with Crippen molar-refractivity contribution in [3.8, 4) is 0 Å². The molecule has 3 rings (SSSR count). The molecule has 2 aliphatic heterocycles. The predicted molar refractivity (Wildman–Crippen MR) is 67.8 cm³/mol. The van der Waals surface area contributed by atoms with E-state index in [2.05, 4.69) is 0 Å². The predicted octanol–water partition coefficient (Wildman–Crippen LogP) is -1.73. The van der Waals surface area contributed by atoms with Crippen molar-refractivity contribution in [3.63, 3.8) is 0 Å². The maximum atomic E-state index is 12.2. The Morgan fingerprint density at radius 3 is 2.70 bits per heavy atom. The third-order valence-electron chi connectivity index (χ3n) is 3.46. The second kappa shape index (κ2) is 4.19. The molecule has 3 heterocycles. The number of Topliss-reactive ketones (excluding diaryl/α,β-unsaturated/α-hetero) is 1. The molecular formula is C12H12N4O4. The third-order valence-corrected chi connectivity index (χ3v) is 3.46. The summed E-state index contributed by atoms with van der Waals surface area (Å²) in [7, 11) is 0. The Morgan fingerprint density at radius 2 is 2.00 bits per heavy atom. The van der Waals surface area contributed by atoms with Crippen molar-refractivity contribution < 1.29 is 14.4 Å². The molecule has 0 radical (unpaired) electrons. The Morgan fingerprint density at radius 1 is 1.25 bits per heavy atom. The number of hydrogen-bond donors (Lipinski definition) is 1. The molecule has 0 atom stereocenters. The highest BCUT2D eigenvalue weighted by molar-refractivity contribution is 5.98. The summed E-state index contributed by atoms with van der Waals surface area (Å²) in [6.07, 6.45) is 1.58. The van der Waals surface area contributed by atoms with E-state index in [1.165, 1.54) is 15.8 Å². The van der Waals surface area contributed by atoms with Crippen LogP contribution in [0.3, 0.4) is 0 Å². The number of pyridine rings is 1. The Hall–Kier alpha value is -2.64. The molecule has 1 saturated heterocycles. The summed E-state index contributed by atoms with van der Waals surface area (Å²) in [5, 5.41) is 1.73. The van der Waals surface area contributed by atoms with Gasteiger partial charge in [-0.3, -0.25) is 28.9 Å². The molecule has 1 fully saturated rings. The normalized spacial score (nSPS) is 17.8. The van der Waals surface area contributed by atoms with Crippen molar-refractivity contribution in [1.29, 1.82) is 0 Å². The highest BCUT2D eigenvalue weighted by Gasteiger charge is 2.33. The van der Waals surface area contributed by atoms with Gasteiger partial charge < -0.3 is 10.6 Å². The lowest BCUT2D eigenvalue weighted by Crippen LogP contribution is -2.53. The summed E-state index contributed by atoms with van der Waals surface area (Å²) in [5.74, 6) is -1.28. The van der Waals surface area contributed by atoms with Crippen molar-refractivity contribution in [1.82, 2.24) is 9.58 Å². The van der Waals surface area contributed by atoms with Gasteiger partial charge in [0, 0.05) is 25.2 Å². The quantitative estimate of drug-likeness (QED) is 0.656. The van der Waals surface area contributed by atoms with Crippen molar-refractivity contribution in [2.45, 2.75) is 6.42 Å². The van der Waals surface area contributed by atoms with E-state index >= 15 is 0 Å². The Kier molecular flexibility index (Phi) is 2.60. The average Bonchev–Trinajstić information content (AvgIpc) is 2.56. The van der Waals surface area contributed by atoms with Crippen LogP contribution in [0.4, 0.5) is 0 Å². The van der Waals surface area contributed by atoms with Gasteiger partial charge in [-0.2, -0.15) is 0 Å². The number of ketones is 1.